The van der Waals surface area contributed by atoms with Gasteiger partial charge in [0.15, 0.2) is 0 Å². The predicted octanol–water partition coefficient (Wildman–Crippen LogP) is 3.70. The largest absolute Gasteiger partial charge is 0.375 e. The van der Waals surface area contributed by atoms with E-state index in [1.165, 1.54) is 43.4 Å². The van der Waals surface area contributed by atoms with Gasteiger partial charge < -0.3 is 10.1 Å². The molecule has 2 atom stereocenters. The van der Waals surface area contributed by atoms with Crippen LogP contribution in [0.25, 0.3) is 0 Å². The molecule has 1 saturated carbocycles. The third-order valence-corrected chi connectivity index (χ3v) is 5.43. The van der Waals surface area contributed by atoms with Crippen molar-refractivity contribution in [2.75, 3.05) is 13.7 Å². The molecule has 2 fully saturated rings. The predicted molar refractivity (Wildman–Crippen MR) is 85.4 cm³/mol. The number of nitrogens with one attached hydrogen (secondary N) is 1. The molecule has 0 radical (unpaired) electrons. The highest BCUT2D eigenvalue weighted by Gasteiger charge is 2.42. The molecule has 0 bridgehead atoms. The lowest BCUT2D eigenvalue weighted by atomic mass is 9.78. The molecular formula is C18H28N2O. The average Bonchev–Trinajstić information content (AvgIpc) is 2.90. The summed E-state index contributed by atoms with van der Waals surface area (Å²) in [5, 5.41) is 3.56. The molecule has 21 heavy (non-hydrogen) atoms. The van der Waals surface area contributed by atoms with Crippen molar-refractivity contribution in [1.29, 1.82) is 0 Å². The Kier molecular flexibility index (Phi) is 4.32. The summed E-state index contributed by atoms with van der Waals surface area (Å²) in [6, 6.07) is 4.80. The van der Waals surface area contributed by atoms with E-state index >= 15 is 0 Å². The molecule has 1 N–H and O–H groups in total. The van der Waals surface area contributed by atoms with E-state index in [2.05, 4.69) is 43.3 Å². The molecule has 3 rings (SSSR count). The van der Waals surface area contributed by atoms with Gasteiger partial charge in [-0.25, -0.2) is 0 Å². The monoisotopic (exact) mass is 288 g/mol. The summed E-state index contributed by atoms with van der Waals surface area (Å²) in [6.07, 6.45) is 7.53. The number of pyridine rings is 1. The molecule has 1 spiro atoms. The minimum Gasteiger partial charge on any atom is -0.375 e. The van der Waals surface area contributed by atoms with Crippen molar-refractivity contribution in [1.82, 2.24) is 10.3 Å². The Hall–Kier alpha value is -0.930. The fourth-order valence-corrected chi connectivity index (χ4v) is 4.39. The van der Waals surface area contributed by atoms with Crippen molar-refractivity contribution in [3.8, 4) is 0 Å². The standard InChI is InChI=1S/C18H28N2O/c1-13-6-7-16(14(2)20-13)17(19-3)15-8-11-21-18(12-15)9-4-5-10-18/h6-7,15,17,19H,4-5,8-12H2,1-3H3. The van der Waals surface area contributed by atoms with Crippen LogP contribution >= 0.6 is 0 Å². The number of hydrogen-bond donors (Lipinski definition) is 1. The zero-order chi connectivity index (χ0) is 14.9. The second-order valence-electron chi connectivity index (χ2n) is 6.89. The quantitative estimate of drug-likeness (QED) is 0.921. The average molecular weight is 288 g/mol. The number of aromatic nitrogens is 1. The maximum atomic E-state index is 6.19. The highest BCUT2D eigenvalue weighted by molar-refractivity contribution is 5.26. The first kappa shape index (κ1) is 15.0. The van der Waals surface area contributed by atoms with Gasteiger partial charge in [-0.2, -0.15) is 0 Å². The van der Waals surface area contributed by atoms with Gasteiger partial charge in [0.2, 0.25) is 0 Å². The maximum absolute atomic E-state index is 6.19. The van der Waals surface area contributed by atoms with Crippen LogP contribution < -0.4 is 5.32 Å². The first-order valence-corrected chi connectivity index (χ1v) is 8.39. The Morgan fingerprint density at radius 1 is 1.29 bits per heavy atom. The summed E-state index contributed by atoms with van der Waals surface area (Å²) in [4.78, 5) is 4.66. The Morgan fingerprint density at radius 3 is 2.71 bits per heavy atom. The van der Waals surface area contributed by atoms with Crippen LogP contribution in [-0.4, -0.2) is 24.2 Å². The zero-order valence-electron chi connectivity index (χ0n) is 13.6. The van der Waals surface area contributed by atoms with Crippen molar-refractivity contribution < 1.29 is 4.74 Å². The topological polar surface area (TPSA) is 34.2 Å². The minimum atomic E-state index is 0.185. The van der Waals surface area contributed by atoms with Crippen LogP contribution in [0.15, 0.2) is 12.1 Å². The van der Waals surface area contributed by atoms with E-state index in [9.17, 15) is 0 Å². The highest BCUT2D eigenvalue weighted by atomic mass is 16.5. The van der Waals surface area contributed by atoms with Crippen LogP contribution in [0, 0.1) is 19.8 Å². The van der Waals surface area contributed by atoms with Crippen LogP contribution in [0.4, 0.5) is 0 Å². The SMILES string of the molecule is CNC(c1ccc(C)nc1C)C1CCOC2(CCCC2)C1. The van der Waals surface area contributed by atoms with E-state index in [0.717, 1.165) is 18.7 Å². The number of hydrogen-bond acceptors (Lipinski definition) is 3. The Morgan fingerprint density at radius 2 is 2.05 bits per heavy atom. The lowest BCUT2D eigenvalue weighted by molar-refractivity contribution is -0.0979. The number of rotatable bonds is 3. The first-order chi connectivity index (χ1) is 10.1. The summed E-state index contributed by atoms with van der Waals surface area (Å²) < 4.78 is 6.19. The van der Waals surface area contributed by atoms with Crippen molar-refractivity contribution in [3.05, 3.63) is 29.1 Å². The van der Waals surface area contributed by atoms with E-state index in [1.807, 2.05) is 0 Å². The molecule has 2 heterocycles. The molecule has 2 aliphatic rings. The Bertz CT molecular complexity index is 494. The van der Waals surface area contributed by atoms with E-state index in [0.29, 0.717) is 12.0 Å². The first-order valence-electron chi connectivity index (χ1n) is 8.39. The van der Waals surface area contributed by atoms with Crippen LogP contribution in [0.1, 0.15) is 61.5 Å². The molecule has 1 aliphatic carbocycles. The third-order valence-electron chi connectivity index (χ3n) is 5.43. The summed E-state index contributed by atoms with van der Waals surface area (Å²) in [6.45, 7) is 5.12. The molecule has 1 aromatic heterocycles. The summed E-state index contributed by atoms with van der Waals surface area (Å²) in [5.41, 5.74) is 3.82. The fourth-order valence-electron chi connectivity index (χ4n) is 4.39. The molecule has 3 heteroatoms. The van der Waals surface area contributed by atoms with Crippen molar-refractivity contribution in [2.24, 2.45) is 5.92 Å². The van der Waals surface area contributed by atoms with E-state index in [-0.39, 0.29) is 5.60 Å². The van der Waals surface area contributed by atoms with Crippen LogP contribution in [0.2, 0.25) is 0 Å². The van der Waals surface area contributed by atoms with Crippen LogP contribution in [-0.2, 0) is 4.74 Å². The molecule has 2 unspecified atom stereocenters. The van der Waals surface area contributed by atoms with Gasteiger partial charge in [0.05, 0.1) is 5.60 Å². The second-order valence-corrected chi connectivity index (χ2v) is 6.89. The van der Waals surface area contributed by atoms with Gasteiger partial charge in [0.1, 0.15) is 0 Å². The molecular weight excluding hydrogens is 260 g/mol. The lowest BCUT2D eigenvalue weighted by Crippen LogP contribution is -2.41. The number of ether oxygens (including phenoxy) is 1. The zero-order valence-corrected chi connectivity index (χ0v) is 13.6. The summed E-state index contributed by atoms with van der Waals surface area (Å²) in [5.74, 6) is 0.657. The van der Waals surface area contributed by atoms with Gasteiger partial charge in [-0.1, -0.05) is 18.9 Å². The van der Waals surface area contributed by atoms with Gasteiger partial charge >= 0.3 is 0 Å². The summed E-state index contributed by atoms with van der Waals surface area (Å²) in [7, 11) is 2.08. The third kappa shape index (κ3) is 3.00. The van der Waals surface area contributed by atoms with Gasteiger partial charge in [0.25, 0.3) is 0 Å². The molecule has 0 amide bonds. The smallest absolute Gasteiger partial charge is 0.0686 e. The van der Waals surface area contributed by atoms with E-state index < -0.39 is 0 Å². The minimum absolute atomic E-state index is 0.185. The Labute approximate surface area is 128 Å². The normalized spacial score (nSPS) is 26.1. The van der Waals surface area contributed by atoms with Crippen molar-refractivity contribution in [3.63, 3.8) is 0 Å². The maximum Gasteiger partial charge on any atom is 0.0686 e. The van der Waals surface area contributed by atoms with Gasteiger partial charge in [-0.3, -0.25) is 4.98 Å². The molecule has 1 aromatic rings. The van der Waals surface area contributed by atoms with Gasteiger partial charge in [-0.15, -0.1) is 0 Å². The van der Waals surface area contributed by atoms with Crippen LogP contribution in [0.5, 0.6) is 0 Å². The van der Waals surface area contributed by atoms with E-state index in [1.54, 1.807) is 0 Å². The highest BCUT2D eigenvalue weighted by Crippen LogP contribution is 2.45. The fraction of sp³-hybridized carbons (Fsp3) is 0.722. The number of nitrogens with zero attached hydrogens (tertiary/aromatic N) is 1. The molecule has 0 aromatic carbocycles. The molecule has 1 aliphatic heterocycles. The summed E-state index contributed by atoms with van der Waals surface area (Å²) >= 11 is 0. The van der Waals surface area contributed by atoms with Crippen LogP contribution in [0.3, 0.4) is 0 Å². The van der Waals surface area contributed by atoms with Gasteiger partial charge in [0, 0.05) is 24.0 Å². The second kappa shape index (κ2) is 6.05. The van der Waals surface area contributed by atoms with E-state index in [4.69, 9.17) is 4.74 Å². The van der Waals surface area contributed by atoms with Gasteiger partial charge in [-0.05, 0) is 64.1 Å². The number of aryl methyl sites for hydroxylation is 2. The van der Waals surface area contributed by atoms with Crippen molar-refractivity contribution >= 4 is 0 Å². The molecule has 116 valence electrons. The Balaban J connectivity index is 1.82. The molecule has 1 saturated heterocycles. The van der Waals surface area contributed by atoms with Crippen molar-refractivity contribution in [2.45, 2.75) is 64.0 Å². The lowest BCUT2D eigenvalue weighted by Gasteiger charge is -2.41. The molecule has 3 nitrogen and oxygen atoms in total.